The van der Waals surface area contributed by atoms with Crippen LogP contribution in [0.25, 0.3) is 22.0 Å². The highest BCUT2D eigenvalue weighted by Crippen LogP contribution is 2.38. The molecule has 0 aliphatic carbocycles. The second-order valence-electron chi connectivity index (χ2n) is 10.7. The van der Waals surface area contributed by atoms with Gasteiger partial charge < -0.3 is 19.4 Å². The molecule has 0 saturated carbocycles. The van der Waals surface area contributed by atoms with Gasteiger partial charge >= 0.3 is 0 Å². The molecule has 1 unspecified atom stereocenters. The number of aryl methyl sites for hydroxylation is 3. The lowest BCUT2D eigenvalue weighted by Gasteiger charge is -2.32. The van der Waals surface area contributed by atoms with Gasteiger partial charge in [0.05, 0.1) is 30.9 Å². The van der Waals surface area contributed by atoms with E-state index in [9.17, 15) is 9.36 Å². The van der Waals surface area contributed by atoms with Crippen molar-refractivity contribution in [1.29, 1.82) is 0 Å². The molecule has 8 heteroatoms. The van der Waals surface area contributed by atoms with Crippen molar-refractivity contribution in [2.75, 3.05) is 20.0 Å². The molecule has 0 aliphatic heterocycles. The highest BCUT2D eigenvalue weighted by Gasteiger charge is 2.35. The van der Waals surface area contributed by atoms with E-state index in [1.165, 1.54) is 0 Å². The first-order valence-corrected chi connectivity index (χ1v) is 16.0. The van der Waals surface area contributed by atoms with Crippen LogP contribution < -0.4 is 11.3 Å². The van der Waals surface area contributed by atoms with Gasteiger partial charge in [0.25, 0.3) is 5.56 Å². The monoisotopic (exact) mass is 560 g/mol. The van der Waals surface area contributed by atoms with Crippen LogP contribution in [0.4, 0.5) is 0 Å². The predicted octanol–water partition coefficient (Wildman–Crippen LogP) is 6.39. The number of nitrogens with two attached hydrogens (primary N) is 1. The Balaban J connectivity index is 0.000000648. The quantitative estimate of drug-likeness (QED) is 0.258. The van der Waals surface area contributed by atoms with Crippen LogP contribution in [-0.2, 0) is 24.2 Å². The number of nitrogens with zero attached hydrogens (tertiary/aromatic N) is 3. The summed E-state index contributed by atoms with van der Waals surface area (Å²) in [4.78, 5) is 17.1. The van der Waals surface area contributed by atoms with Crippen molar-refractivity contribution in [3.8, 4) is 11.1 Å². The van der Waals surface area contributed by atoms with Gasteiger partial charge in [0, 0.05) is 30.6 Å². The third kappa shape index (κ3) is 6.09. The Hall–Kier alpha value is -3.44. The lowest BCUT2D eigenvalue weighted by molar-refractivity contribution is 0.586. The maximum absolute atomic E-state index is 12.8. The Morgan fingerprint density at radius 3 is 2.21 bits per heavy atom. The predicted molar refractivity (Wildman–Crippen MR) is 163 cm³/mol. The molecule has 2 aromatic heterocycles. The highest BCUT2D eigenvalue weighted by molar-refractivity contribution is 7.61. The highest BCUT2D eigenvalue weighted by atomic mass is 35.5. The van der Waals surface area contributed by atoms with Crippen LogP contribution in [0.15, 0.2) is 90.1 Å². The van der Waals surface area contributed by atoms with Gasteiger partial charge in [-0.25, -0.2) is 4.98 Å². The first-order chi connectivity index (χ1) is 18.3. The van der Waals surface area contributed by atoms with Crippen LogP contribution in [-0.4, -0.2) is 34.1 Å². The number of imidazole rings is 1. The van der Waals surface area contributed by atoms with Gasteiger partial charge in [0.15, 0.2) is 0 Å². The molecule has 0 aliphatic rings. The lowest BCUT2D eigenvalue weighted by atomic mass is 9.80. The molecule has 202 valence electrons. The third-order valence-electron chi connectivity index (χ3n) is 6.53. The van der Waals surface area contributed by atoms with Crippen molar-refractivity contribution in [2.24, 2.45) is 19.8 Å². The molecule has 0 amide bonds. The molecule has 0 spiro atoms. The Kier molecular flexibility index (Phi) is 8.04. The fraction of sp³-hybridized carbons (Fsp3) is 0.226. The van der Waals surface area contributed by atoms with E-state index < -0.39 is 12.7 Å². The van der Waals surface area contributed by atoms with Crippen LogP contribution in [0.2, 0.25) is 5.02 Å². The first kappa shape index (κ1) is 28.6. The zero-order valence-electron chi connectivity index (χ0n) is 23.1. The largest absolute Gasteiger partial charge is 0.336 e. The molecular formula is C31H34ClN4O2P. The number of pyridine rings is 1. The fourth-order valence-electron chi connectivity index (χ4n) is 4.69. The second kappa shape index (κ2) is 11.0. The second-order valence-corrected chi connectivity index (χ2v) is 14.9. The molecule has 2 N–H and O–H groups in total. The molecule has 5 rings (SSSR count). The molecule has 5 aromatic rings. The van der Waals surface area contributed by atoms with Crippen molar-refractivity contribution in [2.45, 2.75) is 12.5 Å². The Bertz CT molecular complexity index is 1760. The van der Waals surface area contributed by atoms with Gasteiger partial charge in [-0.3, -0.25) is 4.79 Å². The molecular weight excluding hydrogens is 527 g/mol. The minimum Gasteiger partial charge on any atom is -0.336 e. The molecule has 3 aromatic carbocycles. The summed E-state index contributed by atoms with van der Waals surface area (Å²) in [7, 11) is 2.08. The molecule has 0 fully saturated rings. The molecule has 2 heterocycles. The topological polar surface area (TPSA) is 82.9 Å². The van der Waals surface area contributed by atoms with Crippen molar-refractivity contribution >= 4 is 29.6 Å². The fourth-order valence-corrected chi connectivity index (χ4v) is 4.88. The van der Waals surface area contributed by atoms with E-state index in [0.29, 0.717) is 5.02 Å². The number of hydrogen-bond acceptors (Lipinski definition) is 4. The van der Waals surface area contributed by atoms with E-state index in [4.69, 9.17) is 17.3 Å². The number of rotatable bonds is 4. The van der Waals surface area contributed by atoms with E-state index in [2.05, 4.69) is 17.1 Å². The van der Waals surface area contributed by atoms with Crippen molar-refractivity contribution < 1.29 is 4.57 Å². The first-order valence-electron chi connectivity index (χ1n) is 12.5. The van der Waals surface area contributed by atoms with E-state index in [1.54, 1.807) is 50.2 Å². The summed E-state index contributed by atoms with van der Waals surface area (Å²) in [5.41, 5.74) is 12.6. The molecule has 39 heavy (non-hydrogen) atoms. The number of aromatic nitrogens is 3. The molecule has 1 atom stereocenters. The number of hydrogen-bond donors (Lipinski definition) is 1. The Morgan fingerprint density at radius 1 is 0.923 bits per heavy atom. The summed E-state index contributed by atoms with van der Waals surface area (Å²) in [6, 6.07) is 23.5. The maximum atomic E-state index is 12.8. The zero-order valence-corrected chi connectivity index (χ0v) is 24.8. The number of benzene rings is 3. The van der Waals surface area contributed by atoms with Crippen molar-refractivity contribution in [1.82, 2.24) is 14.1 Å². The minimum absolute atomic E-state index is 0.0581. The van der Waals surface area contributed by atoms with E-state index in [1.807, 2.05) is 73.1 Å². The smallest absolute Gasteiger partial charge is 0.251 e. The lowest BCUT2D eigenvalue weighted by Crippen LogP contribution is -2.41. The summed E-state index contributed by atoms with van der Waals surface area (Å²) in [6.45, 7) is 7.28. The average Bonchev–Trinajstić information content (AvgIpc) is 3.30. The van der Waals surface area contributed by atoms with Crippen LogP contribution in [0.3, 0.4) is 0 Å². The van der Waals surface area contributed by atoms with Gasteiger partial charge in [0.2, 0.25) is 0 Å². The van der Waals surface area contributed by atoms with Gasteiger partial charge in [0.1, 0.15) is 5.54 Å². The minimum atomic E-state index is -1.64. The number of fused-ring (bicyclic) bond motifs is 1. The normalized spacial score (nSPS) is 13.0. The van der Waals surface area contributed by atoms with Crippen LogP contribution >= 0.6 is 18.7 Å². The van der Waals surface area contributed by atoms with Gasteiger partial charge in [-0.05, 0) is 73.4 Å². The molecule has 0 saturated heterocycles. The van der Waals surface area contributed by atoms with Crippen LogP contribution in [0.1, 0.15) is 22.4 Å². The van der Waals surface area contributed by atoms with E-state index >= 15 is 0 Å². The molecule has 0 bridgehead atoms. The summed E-state index contributed by atoms with van der Waals surface area (Å²) < 4.78 is 13.8. The van der Waals surface area contributed by atoms with Gasteiger partial charge in [-0.1, -0.05) is 59.6 Å². The van der Waals surface area contributed by atoms with E-state index in [0.717, 1.165) is 44.4 Å². The van der Waals surface area contributed by atoms with Crippen molar-refractivity contribution in [3.05, 3.63) is 123 Å². The zero-order chi connectivity index (χ0) is 28.5. The average molecular weight is 561 g/mol. The van der Waals surface area contributed by atoms with Crippen LogP contribution in [0, 0.1) is 6.92 Å². The summed E-state index contributed by atoms with van der Waals surface area (Å²) in [5, 5.41) is 1.56. The van der Waals surface area contributed by atoms with Crippen LogP contribution in [0.5, 0.6) is 0 Å². The van der Waals surface area contributed by atoms with E-state index in [-0.39, 0.29) is 5.56 Å². The molecule has 0 radical (unpaired) electrons. The summed E-state index contributed by atoms with van der Waals surface area (Å²) in [5.74, 6) is 0. The molecule has 6 nitrogen and oxygen atoms in total. The summed E-state index contributed by atoms with van der Waals surface area (Å²) >= 11 is 6.38. The maximum Gasteiger partial charge on any atom is 0.251 e. The van der Waals surface area contributed by atoms with Crippen molar-refractivity contribution in [3.63, 3.8) is 0 Å². The van der Waals surface area contributed by atoms with Gasteiger partial charge in [-0.2, -0.15) is 0 Å². The van der Waals surface area contributed by atoms with Gasteiger partial charge in [-0.15, -0.1) is 0 Å². The summed E-state index contributed by atoms with van der Waals surface area (Å²) in [6.07, 6.45) is 3.53. The Morgan fingerprint density at radius 2 is 1.59 bits per heavy atom. The third-order valence-corrected chi connectivity index (χ3v) is 6.77. The SMILES string of the molecule is CP(C)(C)=O.Cc1cccc(-c2cc(=O)n(C)c3ccc(C(N)(c4cccc(Cl)c4)c4cncn4C)cc23)c1. The number of halogens is 1. The Labute approximate surface area is 234 Å². The standard InChI is InChI=1S/C28H25ClN4O.C3H9OP/c1-18-6-4-7-19(12-18)23-15-27(34)33(3)25-11-10-21(14-24(23)25)28(30,26-16-31-17-32(26)2)20-8-5-9-22(29)13-20;1-5(2,3)4/h4-17H,30H2,1-3H3;1-3H3.